The van der Waals surface area contributed by atoms with Crippen LogP contribution in [0.4, 0.5) is 8.78 Å². The SMILES string of the molecule is C[C@@H]1N=C(c2c(F)cccc2F)c2c(sc3c2CCCCC3)-n2c1n[nH]c2=O. The maximum Gasteiger partial charge on any atom is 0.348 e. The summed E-state index contributed by atoms with van der Waals surface area (Å²) in [7, 11) is 0. The fourth-order valence-electron chi connectivity index (χ4n) is 4.15. The van der Waals surface area contributed by atoms with E-state index in [4.69, 9.17) is 0 Å². The number of fused-ring (bicyclic) bond motifs is 5. The van der Waals surface area contributed by atoms with Crippen LogP contribution < -0.4 is 5.69 Å². The maximum absolute atomic E-state index is 14.7. The van der Waals surface area contributed by atoms with E-state index in [-0.39, 0.29) is 17.0 Å². The highest BCUT2D eigenvalue weighted by Crippen LogP contribution is 2.40. The molecule has 144 valence electrons. The molecule has 0 saturated carbocycles. The van der Waals surface area contributed by atoms with E-state index in [0.29, 0.717) is 16.4 Å². The lowest BCUT2D eigenvalue weighted by atomic mass is 9.96. The predicted molar refractivity (Wildman–Crippen MR) is 104 cm³/mol. The van der Waals surface area contributed by atoms with E-state index in [1.165, 1.54) is 39.0 Å². The molecule has 2 aliphatic rings. The highest BCUT2D eigenvalue weighted by atomic mass is 32.1. The minimum atomic E-state index is -0.654. The molecule has 0 saturated heterocycles. The van der Waals surface area contributed by atoms with Gasteiger partial charge in [0.05, 0.1) is 11.3 Å². The van der Waals surface area contributed by atoms with Crippen LogP contribution in [0.3, 0.4) is 0 Å². The largest absolute Gasteiger partial charge is 0.348 e. The van der Waals surface area contributed by atoms with Crippen LogP contribution in [0.25, 0.3) is 5.00 Å². The summed E-state index contributed by atoms with van der Waals surface area (Å²) in [5.74, 6) is -0.854. The molecule has 1 aliphatic heterocycles. The van der Waals surface area contributed by atoms with Crippen molar-refractivity contribution >= 4 is 17.0 Å². The summed E-state index contributed by atoms with van der Waals surface area (Å²) >= 11 is 1.52. The van der Waals surface area contributed by atoms with Gasteiger partial charge in [-0.3, -0.25) is 4.99 Å². The van der Waals surface area contributed by atoms with Crippen molar-refractivity contribution in [3.05, 3.63) is 67.7 Å². The molecular weight excluding hydrogens is 382 g/mol. The van der Waals surface area contributed by atoms with Crippen molar-refractivity contribution in [2.75, 3.05) is 0 Å². The van der Waals surface area contributed by atoms with Gasteiger partial charge in [-0.1, -0.05) is 12.5 Å². The van der Waals surface area contributed by atoms with E-state index in [1.807, 2.05) is 0 Å². The number of H-pyrrole nitrogens is 1. The lowest BCUT2D eigenvalue weighted by Gasteiger charge is -2.12. The predicted octanol–water partition coefficient (Wildman–Crippen LogP) is 4.08. The molecular formula is C20H18F2N4OS. The van der Waals surface area contributed by atoms with Crippen molar-refractivity contribution in [2.45, 2.75) is 45.1 Å². The minimum Gasteiger partial charge on any atom is -0.273 e. The second kappa shape index (κ2) is 6.48. The third-order valence-corrected chi connectivity index (χ3v) is 6.71. The summed E-state index contributed by atoms with van der Waals surface area (Å²) in [6, 6.07) is 3.31. The average Bonchev–Trinajstić information content (AvgIpc) is 3.08. The van der Waals surface area contributed by atoms with Gasteiger partial charge in [0.15, 0.2) is 5.82 Å². The Morgan fingerprint density at radius 1 is 1.14 bits per heavy atom. The van der Waals surface area contributed by atoms with Gasteiger partial charge in [-0.2, -0.15) is 5.10 Å². The lowest BCUT2D eigenvalue weighted by molar-refractivity contribution is 0.578. The summed E-state index contributed by atoms with van der Waals surface area (Å²) < 4.78 is 31.0. The summed E-state index contributed by atoms with van der Waals surface area (Å²) in [5, 5.41) is 7.29. The number of aliphatic imine (C=N–C) groups is 1. The van der Waals surface area contributed by atoms with Gasteiger partial charge in [0, 0.05) is 10.4 Å². The molecule has 3 heterocycles. The van der Waals surface area contributed by atoms with E-state index < -0.39 is 17.7 Å². The monoisotopic (exact) mass is 400 g/mol. The molecule has 1 aliphatic carbocycles. The molecule has 1 aromatic carbocycles. The van der Waals surface area contributed by atoms with Gasteiger partial charge in [0.2, 0.25) is 0 Å². The molecule has 5 nitrogen and oxygen atoms in total. The van der Waals surface area contributed by atoms with Crippen LogP contribution >= 0.6 is 11.3 Å². The first-order chi connectivity index (χ1) is 13.6. The Labute approximate surface area is 163 Å². The molecule has 8 heteroatoms. The number of aromatic nitrogens is 3. The molecule has 3 aromatic rings. The van der Waals surface area contributed by atoms with Crippen molar-refractivity contribution in [2.24, 2.45) is 4.99 Å². The van der Waals surface area contributed by atoms with Crippen LogP contribution in [0.2, 0.25) is 0 Å². The number of nitrogens with zero attached hydrogens (tertiary/aromatic N) is 3. The van der Waals surface area contributed by atoms with Crippen molar-refractivity contribution in [3.63, 3.8) is 0 Å². The van der Waals surface area contributed by atoms with Crippen LogP contribution in [0, 0.1) is 11.6 Å². The molecule has 28 heavy (non-hydrogen) atoms. The smallest absolute Gasteiger partial charge is 0.273 e. The molecule has 2 aromatic heterocycles. The lowest BCUT2D eigenvalue weighted by Crippen LogP contribution is -2.18. The van der Waals surface area contributed by atoms with Crippen LogP contribution in [0.1, 0.15) is 59.6 Å². The summed E-state index contributed by atoms with van der Waals surface area (Å²) in [5.41, 5.74) is 1.53. The van der Waals surface area contributed by atoms with Gasteiger partial charge in [-0.25, -0.2) is 23.2 Å². The second-order valence-corrected chi connectivity index (χ2v) is 8.30. The summed E-state index contributed by atoms with van der Waals surface area (Å²) in [4.78, 5) is 18.4. The molecule has 0 spiro atoms. The highest BCUT2D eigenvalue weighted by molar-refractivity contribution is 7.15. The molecule has 5 rings (SSSR count). The van der Waals surface area contributed by atoms with Gasteiger partial charge >= 0.3 is 5.69 Å². The van der Waals surface area contributed by atoms with Crippen LogP contribution in [-0.2, 0) is 12.8 Å². The Bertz CT molecular complexity index is 1150. The molecule has 1 N–H and O–H groups in total. The Morgan fingerprint density at radius 3 is 2.68 bits per heavy atom. The topological polar surface area (TPSA) is 63.0 Å². The highest BCUT2D eigenvalue weighted by Gasteiger charge is 2.33. The zero-order valence-electron chi connectivity index (χ0n) is 15.3. The zero-order valence-corrected chi connectivity index (χ0v) is 16.1. The third kappa shape index (κ3) is 2.51. The number of rotatable bonds is 1. The van der Waals surface area contributed by atoms with Gasteiger partial charge < -0.3 is 0 Å². The Balaban J connectivity index is 1.88. The third-order valence-electron chi connectivity index (χ3n) is 5.44. The average molecular weight is 400 g/mol. The zero-order chi connectivity index (χ0) is 19.4. The van der Waals surface area contributed by atoms with Gasteiger partial charge in [0.1, 0.15) is 22.7 Å². The first kappa shape index (κ1) is 17.5. The van der Waals surface area contributed by atoms with Crippen LogP contribution in [-0.4, -0.2) is 20.5 Å². The molecule has 0 fully saturated rings. The number of hydrogen-bond acceptors (Lipinski definition) is 4. The van der Waals surface area contributed by atoms with Gasteiger partial charge in [-0.05, 0) is 50.3 Å². The number of aromatic amines is 1. The number of hydrogen-bond donors (Lipinski definition) is 1. The number of halogens is 2. The first-order valence-electron chi connectivity index (χ1n) is 9.41. The molecule has 0 unspecified atom stereocenters. The van der Waals surface area contributed by atoms with E-state index >= 15 is 0 Å². The van der Waals surface area contributed by atoms with Crippen LogP contribution in [0.5, 0.6) is 0 Å². The van der Waals surface area contributed by atoms with Gasteiger partial charge in [0.25, 0.3) is 0 Å². The Kier molecular flexibility index (Phi) is 4.04. The standard InChI is InChI=1S/C20H18F2N4OS/c1-10-18-24-25-20(27)26(18)19-15(11-6-3-2-4-9-14(11)28-19)17(23-10)16-12(21)7-5-8-13(16)22/h5,7-8,10H,2-4,6,9H2,1H3,(H,25,27)/t10-/m0/s1. The Hall–Kier alpha value is -2.61. The van der Waals surface area contributed by atoms with E-state index in [2.05, 4.69) is 15.2 Å². The van der Waals surface area contributed by atoms with Crippen molar-refractivity contribution in [3.8, 4) is 5.00 Å². The number of benzene rings is 1. The van der Waals surface area contributed by atoms with Crippen molar-refractivity contribution in [1.29, 1.82) is 0 Å². The fraction of sp³-hybridized carbons (Fsp3) is 0.350. The van der Waals surface area contributed by atoms with Gasteiger partial charge in [-0.15, -0.1) is 11.3 Å². The van der Waals surface area contributed by atoms with Crippen molar-refractivity contribution in [1.82, 2.24) is 14.8 Å². The quantitative estimate of drug-likeness (QED) is 0.626. The molecule has 1 atom stereocenters. The Morgan fingerprint density at radius 2 is 1.89 bits per heavy atom. The number of nitrogens with one attached hydrogen (secondary N) is 1. The number of aryl methyl sites for hydroxylation is 1. The molecule has 0 bridgehead atoms. The molecule has 0 radical (unpaired) electrons. The first-order valence-corrected chi connectivity index (χ1v) is 10.2. The van der Waals surface area contributed by atoms with E-state index in [1.54, 1.807) is 6.92 Å². The fourth-order valence-corrected chi connectivity index (χ4v) is 5.54. The van der Waals surface area contributed by atoms with E-state index in [0.717, 1.165) is 37.7 Å². The summed E-state index contributed by atoms with van der Waals surface area (Å²) in [6.45, 7) is 1.78. The van der Waals surface area contributed by atoms with E-state index in [9.17, 15) is 13.6 Å². The van der Waals surface area contributed by atoms with Crippen LogP contribution in [0.15, 0.2) is 28.0 Å². The molecule has 0 amide bonds. The normalized spacial score (nSPS) is 18.5. The maximum atomic E-state index is 14.7. The second-order valence-electron chi connectivity index (χ2n) is 7.22. The minimum absolute atomic E-state index is 0.136. The van der Waals surface area contributed by atoms with Crippen molar-refractivity contribution < 1.29 is 8.78 Å². The number of thiophene rings is 1. The summed E-state index contributed by atoms with van der Waals surface area (Å²) in [6.07, 6.45) is 4.90.